The van der Waals surface area contributed by atoms with Gasteiger partial charge in [-0.25, -0.2) is 0 Å². The predicted octanol–water partition coefficient (Wildman–Crippen LogP) is 3.69. The second kappa shape index (κ2) is 4.80. The molecule has 0 fully saturated rings. The van der Waals surface area contributed by atoms with Crippen LogP contribution in [0, 0.1) is 13.8 Å². The molecule has 2 rings (SSSR count). The van der Waals surface area contributed by atoms with E-state index in [0.717, 1.165) is 15.6 Å². The SMILES string of the molecule is Cc1cc(C)cc(C(=O)c2cncc(Br)c2)c1. The van der Waals surface area contributed by atoms with Gasteiger partial charge in [0.25, 0.3) is 0 Å². The smallest absolute Gasteiger partial charge is 0.194 e. The lowest BCUT2D eigenvalue weighted by Crippen LogP contribution is -2.02. The maximum Gasteiger partial charge on any atom is 0.194 e. The van der Waals surface area contributed by atoms with Crippen LogP contribution in [0.25, 0.3) is 0 Å². The van der Waals surface area contributed by atoms with Crippen molar-refractivity contribution in [2.24, 2.45) is 0 Å². The van der Waals surface area contributed by atoms with E-state index in [0.29, 0.717) is 11.1 Å². The number of halogens is 1. The second-order valence-electron chi connectivity index (χ2n) is 4.10. The van der Waals surface area contributed by atoms with Crippen LogP contribution in [-0.2, 0) is 0 Å². The number of carbonyl (C=O) groups excluding carboxylic acids is 1. The summed E-state index contributed by atoms with van der Waals surface area (Å²) in [5.74, 6) is 0.00519. The molecule has 0 amide bonds. The molecule has 1 aromatic heterocycles. The highest BCUT2D eigenvalue weighted by molar-refractivity contribution is 9.10. The average molecular weight is 290 g/mol. The molecule has 0 bridgehead atoms. The lowest BCUT2D eigenvalue weighted by molar-refractivity contribution is 0.103. The fraction of sp³-hybridized carbons (Fsp3) is 0.143. The van der Waals surface area contributed by atoms with Crippen molar-refractivity contribution >= 4 is 21.7 Å². The van der Waals surface area contributed by atoms with Gasteiger partial charge in [0.15, 0.2) is 5.78 Å². The van der Waals surface area contributed by atoms with Gasteiger partial charge in [-0.05, 0) is 48.0 Å². The summed E-state index contributed by atoms with van der Waals surface area (Å²) in [7, 11) is 0. The standard InChI is InChI=1S/C14H12BrNO/c1-9-3-10(2)5-11(4-9)14(17)12-6-13(15)8-16-7-12/h3-8H,1-2H3. The molecule has 0 spiro atoms. The molecular formula is C14H12BrNO. The van der Waals surface area contributed by atoms with E-state index in [-0.39, 0.29) is 5.78 Å². The van der Waals surface area contributed by atoms with Gasteiger partial charge < -0.3 is 0 Å². The Kier molecular flexibility index (Phi) is 3.38. The molecule has 0 saturated carbocycles. The molecule has 0 unspecified atom stereocenters. The average Bonchev–Trinajstić information content (AvgIpc) is 2.26. The van der Waals surface area contributed by atoms with Crippen LogP contribution < -0.4 is 0 Å². The van der Waals surface area contributed by atoms with Crippen LogP contribution in [0.2, 0.25) is 0 Å². The molecule has 0 aliphatic carbocycles. The molecule has 0 atom stereocenters. The zero-order valence-corrected chi connectivity index (χ0v) is 11.3. The minimum absolute atomic E-state index is 0.00519. The van der Waals surface area contributed by atoms with E-state index >= 15 is 0 Å². The molecule has 1 heterocycles. The largest absolute Gasteiger partial charge is 0.289 e. The first-order valence-corrected chi connectivity index (χ1v) is 6.09. The topological polar surface area (TPSA) is 30.0 Å². The Labute approximate surface area is 109 Å². The van der Waals surface area contributed by atoms with Crippen molar-refractivity contribution in [2.75, 3.05) is 0 Å². The molecule has 3 heteroatoms. The molecule has 1 aromatic carbocycles. The molecule has 0 radical (unpaired) electrons. The van der Waals surface area contributed by atoms with Crippen LogP contribution in [0.5, 0.6) is 0 Å². The first-order valence-electron chi connectivity index (χ1n) is 5.30. The van der Waals surface area contributed by atoms with Gasteiger partial charge >= 0.3 is 0 Å². The Hall–Kier alpha value is -1.48. The van der Waals surface area contributed by atoms with Gasteiger partial charge in [-0.2, -0.15) is 0 Å². The lowest BCUT2D eigenvalue weighted by Gasteiger charge is -2.04. The summed E-state index contributed by atoms with van der Waals surface area (Å²) in [5.41, 5.74) is 3.50. The second-order valence-corrected chi connectivity index (χ2v) is 5.01. The van der Waals surface area contributed by atoms with Gasteiger partial charge in [0.1, 0.15) is 0 Å². The summed E-state index contributed by atoms with van der Waals surface area (Å²) >= 11 is 3.32. The van der Waals surface area contributed by atoms with E-state index in [1.807, 2.05) is 26.0 Å². The number of aromatic nitrogens is 1. The van der Waals surface area contributed by atoms with Crippen molar-refractivity contribution in [1.29, 1.82) is 0 Å². The number of carbonyl (C=O) groups is 1. The summed E-state index contributed by atoms with van der Waals surface area (Å²) in [6.07, 6.45) is 3.25. The van der Waals surface area contributed by atoms with Crippen LogP contribution >= 0.6 is 15.9 Å². The maximum atomic E-state index is 12.2. The summed E-state index contributed by atoms with van der Waals surface area (Å²) < 4.78 is 0.813. The number of rotatable bonds is 2. The molecule has 0 N–H and O–H groups in total. The first-order chi connectivity index (χ1) is 8.06. The van der Waals surface area contributed by atoms with Crippen LogP contribution in [-0.4, -0.2) is 10.8 Å². The van der Waals surface area contributed by atoms with E-state index in [1.165, 1.54) is 0 Å². The van der Waals surface area contributed by atoms with Crippen molar-refractivity contribution in [1.82, 2.24) is 4.98 Å². The summed E-state index contributed by atoms with van der Waals surface area (Å²) in [6.45, 7) is 3.98. The van der Waals surface area contributed by atoms with Crippen molar-refractivity contribution < 1.29 is 4.79 Å². The molecular weight excluding hydrogens is 278 g/mol. The maximum absolute atomic E-state index is 12.2. The third-order valence-corrected chi connectivity index (χ3v) is 2.88. The fourth-order valence-electron chi connectivity index (χ4n) is 1.81. The third kappa shape index (κ3) is 2.80. The number of nitrogens with zero attached hydrogens (tertiary/aromatic N) is 1. The summed E-state index contributed by atoms with van der Waals surface area (Å²) in [6, 6.07) is 7.63. The highest BCUT2D eigenvalue weighted by atomic mass is 79.9. The Bertz CT molecular complexity index is 558. The quantitative estimate of drug-likeness (QED) is 0.789. The van der Waals surface area contributed by atoms with E-state index in [1.54, 1.807) is 18.5 Å². The Morgan fingerprint density at radius 1 is 1.00 bits per heavy atom. The van der Waals surface area contributed by atoms with E-state index in [9.17, 15) is 4.79 Å². The fourth-order valence-corrected chi connectivity index (χ4v) is 2.17. The van der Waals surface area contributed by atoms with Crippen molar-refractivity contribution in [3.8, 4) is 0 Å². The van der Waals surface area contributed by atoms with Crippen LogP contribution in [0.4, 0.5) is 0 Å². The zero-order valence-electron chi connectivity index (χ0n) is 9.70. The number of benzene rings is 1. The summed E-state index contributed by atoms with van der Waals surface area (Å²) in [4.78, 5) is 16.3. The Balaban J connectivity index is 2.43. The van der Waals surface area contributed by atoms with Crippen molar-refractivity contribution in [3.63, 3.8) is 0 Å². The van der Waals surface area contributed by atoms with E-state index in [2.05, 4.69) is 27.0 Å². The number of ketones is 1. The monoisotopic (exact) mass is 289 g/mol. The molecule has 86 valence electrons. The predicted molar refractivity (Wildman–Crippen MR) is 71.3 cm³/mol. The Morgan fingerprint density at radius 2 is 1.65 bits per heavy atom. The number of pyridine rings is 1. The van der Waals surface area contributed by atoms with Crippen molar-refractivity contribution in [2.45, 2.75) is 13.8 Å². The molecule has 17 heavy (non-hydrogen) atoms. The normalized spacial score (nSPS) is 10.3. The van der Waals surface area contributed by atoms with Gasteiger partial charge in [-0.3, -0.25) is 9.78 Å². The molecule has 2 nitrogen and oxygen atoms in total. The van der Waals surface area contributed by atoms with Gasteiger partial charge in [0.2, 0.25) is 0 Å². The highest BCUT2D eigenvalue weighted by Crippen LogP contribution is 2.16. The van der Waals surface area contributed by atoms with Gasteiger partial charge in [-0.15, -0.1) is 0 Å². The van der Waals surface area contributed by atoms with Crippen molar-refractivity contribution in [3.05, 3.63) is 63.4 Å². The summed E-state index contributed by atoms with van der Waals surface area (Å²) in [5, 5.41) is 0. The van der Waals surface area contributed by atoms with Crippen LogP contribution in [0.15, 0.2) is 41.1 Å². The van der Waals surface area contributed by atoms with Gasteiger partial charge in [-0.1, -0.05) is 17.2 Å². The highest BCUT2D eigenvalue weighted by Gasteiger charge is 2.10. The third-order valence-electron chi connectivity index (χ3n) is 2.45. The number of hydrogen-bond donors (Lipinski definition) is 0. The van der Waals surface area contributed by atoms with Crippen LogP contribution in [0.1, 0.15) is 27.0 Å². The van der Waals surface area contributed by atoms with Gasteiger partial charge in [0.05, 0.1) is 0 Å². The molecule has 0 aliphatic heterocycles. The molecule has 0 aliphatic rings. The number of aryl methyl sites for hydroxylation is 2. The van der Waals surface area contributed by atoms with E-state index in [4.69, 9.17) is 0 Å². The lowest BCUT2D eigenvalue weighted by atomic mass is 10.0. The minimum atomic E-state index is 0.00519. The van der Waals surface area contributed by atoms with Crippen LogP contribution in [0.3, 0.4) is 0 Å². The van der Waals surface area contributed by atoms with E-state index < -0.39 is 0 Å². The molecule has 0 saturated heterocycles. The minimum Gasteiger partial charge on any atom is -0.289 e. The zero-order chi connectivity index (χ0) is 12.4. The Morgan fingerprint density at radius 3 is 2.24 bits per heavy atom. The number of hydrogen-bond acceptors (Lipinski definition) is 2. The van der Waals surface area contributed by atoms with Gasteiger partial charge in [0, 0.05) is 28.0 Å². The molecule has 2 aromatic rings. The first kappa shape index (κ1) is 12.0.